The third-order valence-corrected chi connectivity index (χ3v) is 9.18. The van der Waals surface area contributed by atoms with Crippen molar-refractivity contribution in [1.29, 1.82) is 0 Å². The number of amides is 1. The highest BCUT2D eigenvalue weighted by Crippen LogP contribution is 2.35. The largest absolute Gasteiger partial charge is 0.325 e. The Morgan fingerprint density at radius 3 is 2.48 bits per heavy atom. The predicted octanol–water partition coefficient (Wildman–Crippen LogP) is 7.09. The summed E-state index contributed by atoms with van der Waals surface area (Å²) in [6.45, 7) is 0. The number of nitrogens with zero attached hydrogens (tertiary/aromatic N) is 2. The quantitative estimate of drug-likeness (QED) is 0.0897. The van der Waals surface area contributed by atoms with Crippen molar-refractivity contribution in [3.63, 3.8) is 0 Å². The second-order valence-electron chi connectivity index (χ2n) is 9.92. The molecule has 1 N–H and O–H groups in total. The molecule has 0 fully saturated rings. The number of para-hydroxylation sites is 1. The molecular weight excluding hydrogens is 570 g/mol. The highest BCUT2D eigenvalue weighted by atomic mass is 32.2. The van der Waals surface area contributed by atoms with Crippen LogP contribution in [-0.2, 0) is 17.6 Å². The van der Waals surface area contributed by atoms with Crippen LogP contribution in [0.2, 0.25) is 0 Å². The third kappa shape index (κ3) is 5.98. The first-order valence-electron chi connectivity index (χ1n) is 13.6. The molecule has 2 aromatic heterocycles. The Labute approximate surface area is 249 Å². The van der Waals surface area contributed by atoms with Crippen molar-refractivity contribution in [2.24, 2.45) is 0 Å². The standard InChI is InChI=1S/C33H26FN3O3S2/c34-23-15-10-21(11-16-23)12-19-27(38)22-13-17-24(18-14-22)35-29(39)20-41-33-36-31-30(26-8-4-5-9-28(26)42-31)32(40)37(33)25-6-2-1-3-7-25/h1-3,6-7,10-19H,4-5,8-9,20H2,(H,35,39)/b19-12+. The topological polar surface area (TPSA) is 81.1 Å². The van der Waals surface area contributed by atoms with Gasteiger partial charge in [0.25, 0.3) is 5.56 Å². The van der Waals surface area contributed by atoms with Crippen LogP contribution in [0.15, 0.2) is 94.9 Å². The van der Waals surface area contributed by atoms with Crippen LogP contribution in [0.1, 0.15) is 39.2 Å². The molecule has 0 saturated carbocycles. The molecule has 6 rings (SSSR count). The van der Waals surface area contributed by atoms with Crippen LogP contribution in [0.4, 0.5) is 10.1 Å². The minimum Gasteiger partial charge on any atom is -0.325 e. The van der Waals surface area contributed by atoms with Crippen LogP contribution in [0.5, 0.6) is 0 Å². The number of ketones is 1. The van der Waals surface area contributed by atoms with E-state index in [9.17, 15) is 18.8 Å². The molecule has 0 bridgehead atoms. The SMILES string of the molecule is O=C(CSc1nc2sc3c(c2c(=O)n1-c1ccccc1)CCCC3)Nc1ccc(C(=O)/C=C/c2ccc(F)cc2)cc1. The highest BCUT2D eigenvalue weighted by molar-refractivity contribution is 7.99. The number of halogens is 1. The van der Waals surface area contributed by atoms with Gasteiger partial charge < -0.3 is 5.32 Å². The van der Waals surface area contributed by atoms with Crippen LogP contribution in [0.25, 0.3) is 22.0 Å². The summed E-state index contributed by atoms with van der Waals surface area (Å²) in [5.74, 6) is -0.743. The lowest BCUT2D eigenvalue weighted by Crippen LogP contribution is -2.23. The lowest BCUT2D eigenvalue weighted by Gasteiger charge is -2.13. The van der Waals surface area contributed by atoms with Crippen molar-refractivity contribution in [2.45, 2.75) is 30.8 Å². The van der Waals surface area contributed by atoms with E-state index in [0.717, 1.165) is 41.6 Å². The number of hydrogen-bond donors (Lipinski definition) is 1. The van der Waals surface area contributed by atoms with E-state index in [-0.39, 0.29) is 28.8 Å². The van der Waals surface area contributed by atoms with Crippen molar-refractivity contribution in [1.82, 2.24) is 9.55 Å². The normalized spacial score (nSPS) is 12.9. The Kier molecular flexibility index (Phi) is 8.12. The number of thiophene rings is 1. The van der Waals surface area contributed by atoms with Gasteiger partial charge in [0.1, 0.15) is 10.6 Å². The first kappa shape index (κ1) is 27.8. The van der Waals surface area contributed by atoms with E-state index in [4.69, 9.17) is 4.98 Å². The molecule has 2 heterocycles. The zero-order valence-electron chi connectivity index (χ0n) is 22.5. The van der Waals surface area contributed by atoms with Crippen LogP contribution < -0.4 is 10.9 Å². The molecule has 1 aliphatic rings. The molecule has 0 unspecified atom stereocenters. The molecule has 210 valence electrons. The summed E-state index contributed by atoms with van der Waals surface area (Å²) in [6.07, 6.45) is 7.11. The van der Waals surface area contributed by atoms with E-state index < -0.39 is 0 Å². The molecule has 0 saturated heterocycles. The molecule has 9 heteroatoms. The Bertz CT molecular complexity index is 1860. The van der Waals surface area contributed by atoms with E-state index in [1.807, 2.05) is 30.3 Å². The van der Waals surface area contributed by atoms with E-state index in [0.29, 0.717) is 27.5 Å². The fourth-order valence-corrected chi connectivity index (χ4v) is 7.09. The molecule has 1 amide bonds. The van der Waals surface area contributed by atoms with Crippen molar-refractivity contribution >= 4 is 56.8 Å². The average molecular weight is 596 g/mol. The second kappa shape index (κ2) is 12.3. The Balaban J connectivity index is 1.17. The Morgan fingerprint density at radius 1 is 0.976 bits per heavy atom. The van der Waals surface area contributed by atoms with E-state index >= 15 is 0 Å². The van der Waals surface area contributed by atoms with Gasteiger partial charge in [0.2, 0.25) is 5.91 Å². The van der Waals surface area contributed by atoms with Crippen LogP contribution >= 0.6 is 23.1 Å². The van der Waals surface area contributed by atoms with Crippen LogP contribution in [0, 0.1) is 5.82 Å². The molecule has 1 aliphatic carbocycles. The summed E-state index contributed by atoms with van der Waals surface area (Å²) in [7, 11) is 0. The van der Waals surface area contributed by atoms with Gasteiger partial charge >= 0.3 is 0 Å². The van der Waals surface area contributed by atoms with Gasteiger partial charge in [0.15, 0.2) is 10.9 Å². The lowest BCUT2D eigenvalue weighted by atomic mass is 9.97. The van der Waals surface area contributed by atoms with E-state index in [1.165, 1.54) is 34.8 Å². The summed E-state index contributed by atoms with van der Waals surface area (Å²) in [4.78, 5) is 46.1. The number of aryl methyl sites for hydroxylation is 2. The maximum atomic E-state index is 13.8. The minimum atomic E-state index is -0.335. The van der Waals surface area contributed by atoms with Gasteiger partial charge in [-0.05, 0) is 91.4 Å². The van der Waals surface area contributed by atoms with Crippen molar-refractivity contribution in [3.05, 3.63) is 123 Å². The zero-order chi connectivity index (χ0) is 29.1. The number of carbonyl (C=O) groups excluding carboxylic acids is 2. The molecule has 0 radical (unpaired) electrons. The van der Waals surface area contributed by atoms with Crippen molar-refractivity contribution in [3.8, 4) is 5.69 Å². The number of anilines is 1. The number of aromatic nitrogens is 2. The molecule has 42 heavy (non-hydrogen) atoms. The van der Waals surface area contributed by atoms with Crippen molar-refractivity contribution < 1.29 is 14.0 Å². The van der Waals surface area contributed by atoms with Crippen LogP contribution in [0.3, 0.4) is 0 Å². The van der Waals surface area contributed by atoms with E-state index in [1.54, 1.807) is 58.4 Å². The molecular formula is C33H26FN3O3S2. The monoisotopic (exact) mass is 595 g/mol. The highest BCUT2D eigenvalue weighted by Gasteiger charge is 2.23. The van der Waals surface area contributed by atoms with Gasteiger partial charge in [0, 0.05) is 16.1 Å². The number of rotatable bonds is 8. The van der Waals surface area contributed by atoms with Gasteiger partial charge in [-0.1, -0.05) is 48.2 Å². The van der Waals surface area contributed by atoms with Crippen molar-refractivity contribution in [2.75, 3.05) is 11.1 Å². The number of thioether (sulfide) groups is 1. The number of allylic oxidation sites excluding steroid dienone is 1. The van der Waals surface area contributed by atoms with Crippen LogP contribution in [-0.4, -0.2) is 27.0 Å². The maximum Gasteiger partial charge on any atom is 0.267 e. The number of carbonyl (C=O) groups is 2. The zero-order valence-corrected chi connectivity index (χ0v) is 24.1. The molecule has 5 aromatic rings. The molecule has 6 nitrogen and oxygen atoms in total. The summed E-state index contributed by atoms with van der Waals surface area (Å²) < 4.78 is 14.7. The lowest BCUT2D eigenvalue weighted by molar-refractivity contribution is -0.113. The molecule has 0 aliphatic heterocycles. The van der Waals surface area contributed by atoms with Gasteiger partial charge in [0.05, 0.1) is 16.8 Å². The molecule has 0 spiro atoms. The van der Waals surface area contributed by atoms with E-state index in [2.05, 4.69) is 5.32 Å². The Morgan fingerprint density at radius 2 is 1.71 bits per heavy atom. The van der Waals surface area contributed by atoms with Gasteiger partial charge in [-0.3, -0.25) is 19.0 Å². The average Bonchev–Trinajstić information content (AvgIpc) is 3.39. The smallest absolute Gasteiger partial charge is 0.267 e. The summed E-state index contributed by atoms with van der Waals surface area (Å²) in [5.41, 5.74) is 3.48. The van der Waals surface area contributed by atoms with Gasteiger partial charge in [-0.25, -0.2) is 9.37 Å². The predicted molar refractivity (Wildman–Crippen MR) is 167 cm³/mol. The first-order chi connectivity index (χ1) is 20.5. The summed E-state index contributed by atoms with van der Waals surface area (Å²) in [5, 5.41) is 4.03. The first-order valence-corrected chi connectivity index (χ1v) is 15.4. The maximum absolute atomic E-state index is 13.8. The fourth-order valence-electron chi connectivity index (χ4n) is 4.97. The number of fused-ring (bicyclic) bond motifs is 3. The third-order valence-electron chi connectivity index (χ3n) is 7.06. The number of nitrogens with one attached hydrogen (secondary N) is 1. The van der Waals surface area contributed by atoms with Gasteiger partial charge in [-0.15, -0.1) is 11.3 Å². The fraction of sp³-hybridized carbons (Fsp3) is 0.152. The van der Waals surface area contributed by atoms with Gasteiger partial charge in [-0.2, -0.15) is 0 Å². The molecule has 3 aromatic carbocycles. The molecule has 0 atom stereocenters. The minimum absolute atomic E-state index is 0.0525. The number of hydrogen-bond acceptors (Lipinski definition) is 6. The second-order valence-corrected chi connectivity index (χ2v) is 12.0. The summed E-state index contributed by atoms with van der Waals surface area (Å²) in [6, 6.07) is 21.9. The number of benzene rings is 3. The summed E-state index contributed by atoms with van der Waals surface area (Å²) >= 11 is 2.81. The Hall–Kier alpha value is -4.34.